The summed E-state index contributed by atoms with van der Waals surface area (Å²) < 4.78 is 5.00. The fraction of sp³-hybridized carbons (Fsp3) is 0.421. The molecule has 1 aromatic heterocycles. The average molecular weight is 355 g/mol. The van der Waals surface area contributed by atoms with Crippen molar-refractivity contribution < 1.29 is 19.2 Å². The smallest absolute Gasteiger partial charge is 0.228 e. The molecule has 7 heteroatoms. The zero-order valence-electron chi connectivity index (χ0n) is 14.6. The molecular formula is C19H21N3O4. The maximum Gasteiger partial charge on any atom is 0.228 e. The van der Waals surface area contributed by atoms with Gasteiger partial charge in [0.1, 0.15) is 6.61 Å². The van der Waals surface area contributed by atoms with Crippen molar-refractivity contribution in [2.24, 2.45) is 5.92 Å². The number of aliphatic hydroxyl groups excluding tert-OH is 1. The van der Waals surface area contributed by atoms with Crippen LogP contribution >= 0.6 is 0 Å². The lowest BCUT2D eigenvalue weighted by Gasteiger charge is -2.39. The van der Waals surface area contributed by atoms with Gasteiger partial charge in [-0.15, -0.1) is 0 Å². The largest absolute Gasteiger partial charge is 0.388 e. The third kappa shape index (κ3) is 2.99. The standard InChI is InChI=1S/C19H21N3O4/c1-12-2-4-15(5-3-12)22-10-13(6-18(22)24)19(25)21-8-14(9-21)17-7-16(11-23)26-20-17/h2-5,7,13-14,23H,6,8-11H2,1H3. The van der Waals surface area contributed by atoms with Crippen LogP contribution in [0.2, 0.25) is 0 Å². The van der Waals surface area contributed by atoms with E-state index in [1.54, 1.807) is 15.9 Å². The first-order valence-electron chi connectivity index (χ1n) is 8.77. The Morgan fingerprint density at radius 2 is 2.00 bits per heavy atom. The van der Waals surface area contributed by atoms with Crippen LogP contribution in [0.5, 0.6) is 0 Å². The second-order valence-corrected chi connectivity index (χ2v) is 7.06. The van der Waals surface area contributed by atoms with E-state index in [1.807, 2.05) is 31.2 Å². The minimum atomic E-state index is -0.296. The van der Waals surface area contributed by atoms with Crippen LogP contribution in [0.4, 0.5) is 5.69 Å². The number of benzene rings is 1. The quantitative estimate of drug-likeness (QED) is 0.897. The Hall–Kier alpha value is -2.67. The van der Waals surface area contributed by atoms with Crippen LogP contribution in [0.25, 0.3) is 0 Å². The molecule has 7 nitrogen and oxygen atoms in total. The highest BCUT2D eigenvalue weighted by Crippen LogP contribution is 2.31. The Bertz CT molecular complexity index is 824. The molecule has 1 unspecified atom stereocenters. The summed E-state index contributed by atoms with van der Waals surface area (Å²) in [7, 11) is 0. The van der Waals surface area contributed by atoms with E-state index in [4.69, 9.17) is 9.63 Å². The number of rotatable bonds is 4. The normalized spacial score (nSPS) is 20.5. The molecule has 3 heterocycles. The van der Waals surface area contributed by atoms with Crippen molar-refractivity contribution in [2.75, 3.05) is 24.5 Å². The lowest BCUT2D eigenvalue weighted by molar-refractivity contribution is -0.140. The predicted molar refractivity (Wildman–Crippen MR) is 93.4 cm³/mol. The number of carbonyl (C=O) groups is 2. The number of nitrogens with zero attached hydrogens (tertiary/aromatic N) is 3. The van der Waals surface area contributed by atoms with E-state index in [-0.39, 0.29) is 36.7 Å². The van der Waals surface area contributed by atoms with Gasteiger partial charge in [-0.2, -0.15) is 0 Å². The number of carbonyl (C=O) groups excluding carboxylic acids is 2. The summed E-state index contributed by atoms with van der Waals surface area (Å²) in [5.41, 5.74) is 2.75. The highest BCUT2D eigenvalue weighted by molar-refractivity contribution is 6.00. The Morgan fingerprint density at radius 1 is 1.27 bits per heavy atom. The van der Waals surface area contributed by atoms with Crippen LogP contribution in [0, 0.1) is 12.8 Å². The summed E-state index contributed by atoms with van der Waals surface area (Å²) in [6.45, 7) is 3.40. The number of anilines is 1. The van der Waals surface area contributed by atoms with E-state index in [9.17, 15) is 9.59 Å². The van der Waals surface area contributed by atoms with Crippen molar-refractivity contribution in [1.82, 2.24) is 10.1 Å². The average Bonchev–Trinajstić information content (AvgIpc) is 3.21. The van der Waals surface area contributed by atoms with Crippen LogP contribution in [0.3, 0.4) is 0 Å². The van der Waals surface area contributed by atoms with E-state index < -0.39 is 0 Å². The number of hydrogen-bond acceptors (Lipinski definition) is 5. The Morgan fingerprint density at radius 3 is 2.65 bits per heavy atom. The first-order valence-corrected chi connectivity index (χ1v) is 8.77. The van der Waals surface area contributed by atoms with Gasteiger partial charge in [0.2, 0.25) is 11.8 Å². The molecule has 2 amide bonds. The highest BCUT2D eigenvalue weighted by Gasteiger charge is 2.41. The molecule has 2 aliphatic rings. The van der Waals surface area contributed by atoms with Gasteiger partial charge < -0.3 is 19.4 Å². The molecule has 0 radical (unpaired) electrons. The summed E-state index contributed by atoms with van der Waals surface area (Å²) in [5.74, 6) is 0.284. The number of aliphatic hydroxyl groups is 1. The summed E-state index contributed by atoms with van der Waals surface area (Å²) in [4.78, 5) is 28.5. The molecule has 1 atom stereocenters. The fourth-order valence-corrected chi connectivity index (χ4v) is 3.55. The summed E-state index contributed by atoms with van der Waals surface area (Å²) in [6, 6.07) is 9.50. The van der Waals surface area contributed by atoms with E-state index in [0.717, 1.165) is 16.9 Å². The van der Waals surface area contributed by atoms with Crippen molar-refractivity contribution in [3.05, 3.63) is 47.3 Å². The third-order valence-electron chi connectivity index (χ3n) is 5.16. The number of hydrogen-bond donors (Lipinski definition) is 1. The molecule has 2 aliphatic heterocycles. The number of amides is 2. The molecule has 1 aromatic carbocycles. The van der Waals surface area contributed by atoms with E-state index in [1.165, 1.54) is 0 Å². The summed E-state index contributed by atoms with van der Waals surface area (Å²) >= 11 is 0. The maximum absolute atomic E-state index is 12.7. The molecule has 0 bridgehead atoms. The van der Waals surface area contributed by atoms with Crippen molar-refractivity contribution in [3.63, 3.8) is 0 Å². The van der Waals surface area contributed by atoms with Crippen molar-refractivity contribution in [1.29, 1.82) is 0 Å². The molecule has 0 spiro atoms. The molecular weight excluding hydrogens is 334 g/mol. The molecule has 0 aliphatic carbocycles. The van der Waals surface area contributed by atoms with Gasteiger partial charge in [0, 0.05) is 43.7 Å². The van der Waals surface area contributed by atoms with Gasteiger partial charge in [0.25, 0.3) is 0 Å². The van der Waals surface area contributed by atoms with Gasteiger partial charge in [-0.05, 0) is 19.1 Å². The number of aryl methyl sites for hydroxylation is 1. The van der Waals surface area contributed by atoms with Crippen LogP contribution in [0.15, 0.2) is 34.9 Å². The SMILES string of the molecule is Cc1ccc(N2CC(C(=O)N3CC(c4cc(CO)on4)C3)CC2=O)cc1. The van der Waals surface area contributed by atoms with Crippen molar-refractivity contribution in [2.45, 2.75) is 25.9 Å². The van der Waals surface area contributed by atoms with Gasteiger partial charge >= 0.3 is 0 Å². The van der Waals surface area contributed by atoms with Crippen LogP contribution < -0.4 is 4.90 Å². The van der Waals surface area contributed by atoms with Crippen LogP contribution in [-0.4, -0.2) is 46.6 Å². The minimum Gasteiger partial charge on any atom is -0.388 e. The number of aromatic nitrogens is 1. The van der Waals surface area contributed by atoms with Gasteiger partial charge in [-0.3, -0.25) is 9.59 Å². The zero-order valence-corrected chi connectivity index (χ0v) is 14.6. The molecule has 2 fully saturated rings. The Balaban J connectivity index is 1.36. The lowest BCUT2D eigenvalue weighted by Crippen LogP contribution is -2.51. The summed E-state index contributed by atoms with van der Waals surface area (Å²) in [6.07, 6.45) is 0.256. The third-order valence-corrected chi connectivity index (χ3v) is 5.16. The molecule has 1 N–H and O–H groups in total. The van der Waals surface area contributed by atoms with Crippen LogP contribution in [-0.2, 0) is 16.2 Å². The minimum absolute atomic E-state index is 0.00614. The van der Waals surface area contributed by atoms with Gasteiger partial charge in [-0.25, -0.2) is 0 Å². The second kappa shape index (κ2) is 6.57. The van der Waals surface area contributed by atoms with Gasteiger partial charge in [0.15, 0.2) is 5.76 Å². The second-order valence-electron chi connectivity index (χ2n) is 7.06. The zero-order chi connectivity index (χ0) is 18.3. The first kappa shape index (κ1) is 16.8. The maximum atomic E-state index is 12.7. The fourth-order valence-electron chi connectivity index (χ4n) is 3.55. The van der Waals surface area contributed by atoms with E-state index >= 15 is 0 Å². The van der Waals surface area contributed by atoms with Crippen LogP contribution in [0.1, 0.15) is 29.4 Å². The van der Waals surface area contributed by atoms with E-state index in [2.05, 4.69) is 5.16 Å². The van der Waals surface area contributed by atoms with Crippen molar-refractivity contribution >= 4 is 17.5 Å². The van der Waals surface area contributed by atoms with Crippen molar-refractivity contribution in [3.8, 4) is 0 Å². The predicted octanol–water partition coefficient (Wildman–Crippen LogP) is 1.45. The first-order chi connectivity index (χ1) is 12.5. The van der Waals surface area contributed by atoms with E-state index in [0.29, 0.717) is 25.4 Å². The topological polar surface area (TPSA) is 86.9 Å². The molecule has 4 rings (SSSR count). The monoisotopic (exact) mass is 355 g/mol. The molecule has 2 saturated heterocycles. The molecule has 26 heavy (non-hydrogen) atoms. The highest BCUT2D eigenvalue weighted by atomic mass is 16.5. The van der Waals surface area contributed by atoms with Gasteiger partial charge in [0.05, 0.1) is 11.6 Å². The Kier molecular flexibility index (Phi) is 4.24. The molecule has 0 saturated carbocycles. The number of likely N-dealkylation sites (tertiary alicyclic amines) is 1. The molecule has 2 aromatic rings. The molecule has 136 valence electrons. The lowest BCUT2D eigenvalue weighted by atomic mass is 9.93. The van der Waals surface area contributed by atoms with Gasteiger partial charge in [-0.1, -0.05) is 22.9 Å². The summed E-state index contributed by atoms with van der Waals surface area (Å²) in [5, 5.41) is 13.0. The Labute approximate surface area is 151 Å².